The lowest BCUT2D eigenvalue weighted by Gasteiger charge is -2.18. The molecule has 2 heterocycles. The smallest absolute Gasteiger partial charge is 0.313 e. The summed E-state index contributed by atoms with van der Waals surface area (Å²) in [6.45, 7) is 0.728. The molecule has 1 aliphatic rings. The zero-order valence-electron chi connectivity index (χ0n) is 10.1. The molecule has 98 valence electrons. The SMILES string of the molecule is O=C(O)C1CNCc2c1[nH]n(-c1ccccc1)c2=O. The van der Waals surface area contributed by atoms with Crippen LogP contribution in [0.4, 0.5) is 0 Å². The van der Waals surface area contributed by atoms with Gasteiger partial charge in [-0.15, -0.1) is 0 Å². The van der Waals surface area contributed by atoms with Gasteiger partial charge in [0.25, 0.3) is 5.56 Å². The Balaban J connectivity index is 2.16. The fraction of sp³-hybridized carbons (Fsp3) is 0.231. The molecule has 0 aliphatic carbocycles. The number of carboxylic acids is 1. The molecule has 0 saturated heterocycles. The van der Waals surface area contributed by atoms with Crippen molar-refractivity contribution in [3.63, 3.8) is 0 Å². The second-order valence-corrected chi connectivity index (χ2v) is 4.50. The van der Waals surface area contributed by atoms with Gasteiger partial charge in [0.2, 0.25) is 0 Å². The van der Waals surface area contributed by atoms with E-state index >= 15 is 0 Å². The third-order valence-electron chi connectivity index (χ3n) is 3.33. The number of aromatic nitrogens is 2. The van der Waals surface area contributed by atoms with Crippen LogP contribution in [0.5, 0.6) is 0 Å². The number of benzene rings is 1. The highest BCUT2D eigenvalue weighted by molar-refractivity contribution is 5.76. The Morgan fingerprint density at radius 2 is 2.05 bits per heavy atom. The summed E-state index contributed by atoms with van der Waals surface area (Å²) in [5.74, 6) is -1.64. The molecule has 0 saturated carbocycles. The Morgan fingerprint density at radius 3 is 2.74 bits per heavy atom. The standard InChI is InChI=1S/C13H13N3O3/c17-12-9-6-14-7-10(13(18)19)11(9)15-16(12)8-4-2-1-3-5-8/h1-5,10,14-15H,6-7H2,(H,18,19). The number of nitrogens with one attached hydrogen (secondary N) is 2. The lowest BCUT2D eigenvalue weighted by molar-refractivity contribution is -0.138. The summed E-state index contributed by atoms with van der Waals surface area (Å²) in [7, 11) is 0. The summed E-state index contributed by atoms with van der Waals surface area (Å²) in [5, 5.41) is 15.1. The first-order valence-corrected chi connectivity index (χ1v) is 6.01. The van der Waals surface area contributed by atoms with Gasteiger partial charge in [-0.25, -0.2) is 4.68 Å². The molecule has 6 heteroatoms. The van der Waals surface area contributed by atoms with Gasteiger partial charge < -0.3 is 10.4 Å². The number of aromatic amines is 1. The molecule has 1 aromatic heterocycles. The highest BCUT2D eigenvalue weighted by Gasteiger charge is 2.30. The number of carbonyl (C=O) groups is 1. The van der Waals surface area contributed by atoms with Crippen LogP contribution in [0.15, 0.2) is 35.1 Å². The largest absolute Gasteiger partial charge is 0.481 e. The lowest BCUT2D eigenvalue weighted by Crippen LogP contribution is -2.34. The first-order valence-electron chi connectivity index (χ1n) is 6.01. The number of fused-ring (bicyclic) bond motifs is 1. The minimum absolute atomic E-state index is 0.195. The van der Waals surface area contributed by atoms with Gasteiger partial charge in [-0.3, -0.25) is 14.7 Å². The van der Waals surface area contributed by atoms with Crippen molar-refractivity contribution in [2.75, 3.05) is 6.54 Å². The fourth-order valence-electron chi connectivity index (χ4n) is 2.36. The van der Waals surface area contributed by atoms with Gasteiger partial charge >= 0.3 is 5.97 Å². The van der Waals surface area contributed by atoms with Gasteiger partial charge in [-0.1, -0.05) is 18.2 Å². The molecule has 3 rings (SSSR count). The molecule has 2 aromatic rings. The van der Waals surface area contributed by atoms with Crippen LogP contribution < -0.4 is 10.9 Å². The van der Waals surface area contributed by atoms with Crippen molar-refractivity contribution in [3.8, 4) is 5.69 Å². The van der Waals surface area contributed by atoms with Crippen molar-refractivity contribution >= 4 is 5.97 Å². The van der Waals surface area contributed by atoms with Gasteiger partial charge in [0.15, 0.2) is 0 Å². The van der Waals surface area contributed by atoms with E-state index in [-0.39, 0.29) is 5.56 Å². The molecule has 3 N–H and O–H groups in total. The van der Waals surface area contributed by atoms with Crippen LogP contribution in [0.3, 0.4) is 0 Å². The Morgan fingerprint density at radius 1 is 1.32 bits per heavy atom. The molecule has 1 aromatic carbocycles. The summed E-state index contributed by atoms with van der Waals surface area (Å²) in [6, 6.07) is 9.11. The number of para-hydroxylation sites is 1. The summed E-state index contributed by atoms with van der Waals surface area (Å²) in [6.07, 6.45) is 0. The van der Waals surface area contributed by atoms with Gasteiger partial charge in [0.1, 0.15) is 5.92 Å². The maximum Gasteiger partial charge on any atom is 0.313 e. The molecule has 0 bridgehead atoms. The third kappa shape index (κ3) is 1.86. The van der Waals surface area contributed by atoms with Crippen molar-refractivity contribution in [2.24, 2.45) is 0 Å². The molecule has 1 aliphatic heterocycles. The van der Waals surface area contributed by atoms with Gasteiger partial charge in [0, 0.05) is 13.1 Å². The highest BCUT2D eigenvalue weighted by Crippen LogP contribution is 2.21. The molecular weight excluding hydrogens is 246 g/mol. The van der Waals surface area contributed by atoms with Crippen LogP contribution in [0.1, 0.15) is 17.2 Å². The topological polar surface area (TPSA) is 87.1 Å². The molecule has 0 amide bonds. The van der Waals surface area contributed by atoms with Gasteiger partial charge in [-0.05, 0) is 12.1 Å². The molecule has 6 nitrogen and oxygen atoms in total. The Labute approximate surface area is 108 Å². The second kappa shape index (κ2) is 4.40. The lowest BCUT2D eigenvalue weighted by atomic mass is 9.98. The van der Waals surface area contributed by atoms with E-state index in [0.29, 0.717) is 30.0 Å². The van der Waals surface area contributed by atoms with E-state index in [1.54, 1.807) is 12.1 Å². The molecule has 19 heavy (non-hydrogen) atoms. The maximum absolute atomic E-state index is 12.3. The monoisotopic (exact) mass is 259 g/mol. The van der Waals surface area contributed by atoms with Gasteiger partial charge in [0.05, 0.1) is 16.9 Å². The Kier molecular flexibility index (Phi) is 2.72. The number of hydrogen-bond donors (Lipinski definition) is 3. The Hall–Kier alpha value is -2.34. The van der Waals surface area contributed by atoms with Crippen molar-refractivity contribution in [1.82, 2.24) is 15.1 Å². The van der Waals surface area contributed by atoms with E-state index < -0.39 is 11.9 Å². The molecule has 0 spiro atoms. The molecule has 0 radical (unpaired) electrons. The van der Waals surface area contributed by atoms with Crippen LogP contribution in [0.2, 0.25) is 0 Å². The van der Waals surface area contributed by atoms with E-state index in [4.69, 9.17) is 0 Å². The summed E-state index contributed by atoms with van der Waals surface area (Å²) >= 11 is 0. The predicted molar refractivity (Wildman–Crippen MR) is 68.5 cm³/mol. The van der Waals surface area contributed by atoms with Gasteiger partial charge in [-0.2, -0.15) is 0 Å². The van der Waals surface area contributed by atoms with Crippen molar-refractivity contribution in [1.29, 1.82) is 0 Å². The van der Waals surface area contributed by atoms with Crippen molar-refractivity contribution in [3.05, 3.63) is 51.9 Å². The number of rotatable bonds is 2. The van der Waals surface area contributed by atoms with Crippen LogP contribution in [-0.2, 0) is 11.3 Å². The normalized spacial score (nSPS) is 18.0. The Bertz CT molecular complexity index is 672. The first-order chi connectivity index (χ1) is 9.18. The summed E-state index contributed by atoms with van der Waals surface area (Å²) in [4.78, 5) is 23.5. The summed E-state index contributed by atoms with van der Waals surface area (Å²) < 4.78 is 1.40. The predicted octanol–water partition coefficient (Wildman–Crippen LogP) is 0.437. The fourth-order valence-corrected chi connectivity index (χ4v) is 2.36. The second-order valence-electron chi connectivity index (χ2n) is 4.50. The molecule has 0 fully saturated rings. The minimum atomic E-state index is -0.935. The maximum atomic E-state index is 12.3. The highest BCUT2D eigenvalue weighted by atomic mass is 16.4. The molecular formula is C13H13N3O3. The van der Waals surface area contributed by atoms with E-state index in [1.165, 1.54) is 4.68 Å². The van der Waals surface area contributed by atoms with E-state index in [9.17, 15) is 14.7 Å². The van der Waals surface area contributed by atoms with Crippen LogP contribution in [0.25, 0.3) is 5.69 Å². The van der Waals surface area contributed by atoms with Crippen molar-refractivity contribution < 1.29 is 9.90 Å². The van der Waals surface area contributed by atoms with Crippen LogP contribution >= 0.6 is 0 Å². The first kappa shape index (κ1) is 11.7. The number of aliphatic carboxylic acids is 1. The molecule has 1 unspecified atom stereocenters. The average molecular weight is 259 g/mol. The van der Waals surface area contributed by atoms with E-state index in [1.807, 2.05) is 18.2 Å². The van der Waals surface area contributed by atoms with Crippen molar-refractivity contribution in [2.45, 2.75) is 12.5 Å². The van der Waals surface area contributed by atoms with E-state index in [2.05, 4.69) is 10.4 Å². The summed E-state index contributed by atoms with van der Waals surface area (Å²) in [5.41, 5.74) is 1.51. The number of carboxylic acid groups (broad SMARTS) is 1. The third-order valence-corrected chi connectivity index (χ3v) is 3.33. The molecule has 1 atom stereocenters. The average Bonchev–Trinajstić information content (AvgIpc) is 2.77. The van der Waals surface area contributed by atoms with Crippen LogP contribution in [0, 0.1) is 0 Å². The zero-order chi connectivity index (χ0) is 13.4. The quantitative estimate of drug-likeness (QED) is 0.730. The van der Waals surface area contributed by atoms with Crippen LogP contribution in [-0.4, -0.2) is 27.4 Å². The minimum Gasteiger partial charge on any atom is -0.481 e. The van der Waals surface area contributed by atoms with E-state index in [0.717, 1.165) is 0 Å². The number of nitrogens with zero attached hydrogens (tertiary/aromatic N) is 1. The zero-order valence-corrected chi connectivity index (χ0v) is 10.1. The number of hydrogen-bond acceptors (Lipinski definition) is 3. The number of H-pyrrole nitrogens is 1.